The fourth-order valence-corrected chi connectivity index (χ4v) is 4.12. The van der Waals surface area contributed by atoms with Gasteiger partial charge < -0.3 is 10.2 Å². The van der Waals surface area contributed by atoms with Crippen molar-refractivity contribution in [1.82, 2.24) is 9.78 Å². The third kappa shape index (κ3) is 3.41. The largest absolute Gasteiger partial charge is 0.324 e. The lowest BCUT2D eigenvalue weighted by Gasteiger charge is -2.28. The Morgan fingerprint density at radius 2 is 2.15 bits per heavy atom. The minimum absolute atomic E-state index is 0.0570. The highest BCUT2D eigenvalue weighted by molar-refractivity contribution is 9.10. The zero-order valence-corrected chi connectivity index (χ0v) is 16.0. The van der Waals surface area contributed by atoms with E-state index in [0.717, 1.165) is 22.0 Å². The number of carbonyl (C=O) groups excluding carboxylic acids is 2. The van der Waals surface area contributed by atoms with Crippen LogP contribution in [0.2, 0.25) is 0 Å². The molecule has 26 heavy (non-hydrogen) atoms. The van der Waals surface area contributed by atoms with Gasteiger partial charge in [0.25, 0.3) is 5.56 Å². The van der Waals surface area contributed by atoms with Crippen molar-refractivity contribution in [2.24, 2.45) is 0 Å². The monoisotopic (exact) mass is 434 g/mol. The number of amides is 2. The van der Waals surface area contributed by atoms with Crippen molar-refractivity contribution in [3.63, 3.8) is 0 Å². The summed E-state index contributed by atoms with van der Waals surface area (Å²) in [6.07, 6.45) is 3.37. The average molecular weight is 435 g/mol. The molecule has 2 aliphatic rings. The van der Waals surface area contributed by atoms with E-state index >= 15 is 0 Å². The lowest BCUT2D eigenvalue weighted by atomic mass is 10.3. The molecule has 2 aromatic rings. The molecule has 1 aliphatic carbocycles. The molecule has 1 aromatic heterocycles. The Kier molecular flexibility index (Phi) is 4.58. The first-order chi connectivity index (χ1) is 12.5. The highest BCUT2D eigenvalue weighted by Gasteiger charge is 2.39. The minimum Gasteiger partial charge on any atom is -0.324 e. The lowest BCUT2D eigenvalue weighted by Crippen LogP contribution is -2.43. The van der Waals surface area contributed by atoms with E-state index in [1.807, 2.05) is 6.07 Å². The molecule has 0 unspecified atom stereocenters. The molecule has 0 atom stereocenters. The van der Waals surface area contributed by atoms with Gasteiger partial charge in [-0.3, -0.25) is 14.4 Å². The zero-order chi connectivity index (χ0) is 18.3. The van der Waals surface area contributed by atoms with Crippen molar-refractivity contribution in [1.29, 1.82) is 0 Å². The molecule has 1 aromatic carbocycles. The first kappa shape index (κ1) is 17.3. The van der Waals surface area contributed by atoms with E-state index < -0.39 is 5.56 Å². The van der Waals surface area contributed by atoms with E-state index in [1.54, 1.807) is 29.3 Å². The number of anilines is 2. The average Bonchev–Trinajstić information content (AvgIpc) is 3.42. The number of hydrogen-bond donors (Lipinski definition) is 1. The Balaban J connectivity index is 1.59. The molecule has 0 bridgehead atoms. The maximum atomic E-state index is 12.8. The van der Waals surface area contributed by atoms with Gasteiger partial charge in [0.05, 0.1) is 16.8 Å². The number of benzene rings is 1. The maximum Gasteiger partial charge on any atom is 0.292 e. The van der Waals surface area contributed by atoms with Crippen LogP contribution in [0.1, 0.15) is 12.8 Å². The smallest absolute Gasteiger partial charge is 0.292 e. The summed E-state index contributed by atoms with van der Waals surface area (Å²) < 4.78 is 1.95. The summed E-state index contributed by atoms with van der Waals surface area (Å²) in [5, 5.41) is 6.84. The van der Waals surface area contributed by atoms with Crippen LogP contribution in [-0.4, -0.2) is 33.4 Å². The van der Waals surface area contributed by atoms with Gasteiger partial charge in [0.2, 0.25) is 11.8 Å². The number of fused-ring (bicyclic) bond motifs is 1. The van der Waals surface area contributed by atoms with Crippen molar-refractivity contribution in [3.05, 3.63) is 45.3 Å². The second-order valence-corrected chi connectivity index (χ2v) is 8.10. The van der Waals surface area contributed by atoms with E-state index in [0.29, 0.717) is 22.0 Å². The van der Waals surface area contributed by atoms with Gasteiger partial charge in [0, 0.05) is 16.2 Å². The van der Waals surface area contributed by atoms with Crippen LogP contribution in [0.4, 0.5) is 11.4 Å². The number of halogens is 1. The summed E-state index contributed by atoms with van der Waals surface area (Å²) in [6, 6.07) is 7.29. The number of rotatable bonds is 4. The van der Waals surface area contributed by atoms with Crippen LogP contribution >= 0.6 is 27.7 Å². The summed E-state index contributed by atoms with van der Waals surface area (Å²) >= 11 is 4.66. The minimum atomic E-state index is -0.403. The molecule has 0 radical (unpaired) electrons. The van der Waals surface area contributed by atoms with Crippen LogP contribution in [0.3, 0.4) is 0 Å². The van der Waals surface area contributed by atoms with Gasteiger partial charge in [-0.25, -0.2) is 4.68 Å². The molecule has 1 N–H and O–H groups in total. The Bertz CT molecular complexity index is 957. The van der Waals surface area contributed by atoms with Gasteiger partial charge >= 0.3 is 0 Å². The Labute approximate surface area is 161 Å². The van der Waals surface area contributed by atoms with E-state index in [1.165, 1.54) is 11.8 Å². The number of nitrogens with one attached hydrogen (secondary N) is 1. The molecule has 0 spiro atoms. The number of carbonyl (C=O) groups is 2. The fraction of sp³-hybridized carbons (Fsp3) is 0.294. The second kappa shape index (κ2) is 6.88. The Morgan fingerprint density at radius 1 is 1.35 bits per heavy atom. The molecule has 0 saturated heterocycles. The van der Waals surface area contributed by atoms with Crippen LogP contribution in [0.15, 0.2) is 44.6 Å². The van der Waals surface area contributed by atoms with Crippen molar-refractivity contribution >= 4 is 50.9 Å². The summed E-state index contributed by atoms with van der Waals surface area (Å²) in [5.74, 6) is -0.0956. The Hall–Kier alpha value is -2.13. The number of nitrogens with zero attached hydrogens (tertiary/aromatic N) is 3. The van der Waals surface area contributed by atoms with Gasteiger partial charge in [-0.1, -0.05) is 22.0 Å². The molecule has 1 aliphatic heterocycles. The highest BCUT2D eigenvalue weighted by atomic mass is 79.9. The molecular formula is C17H15BrN4O3S. The molecule has 1 fully saturated rings. The maximum absolute atomic E-state index is 12.8. The second-order valence-electron chi connectivity index (χ2n) is 6.16. The first-order valence-electron chi connectivity index (χ1n) is 8.13. The van der Waals surface area contributed by atoms with Crippen LogP contribution in [-0.2, 0) is 16.1 Å². The van der Waals surface area contributed by atoms with E-state index in [2.05, 4.69) is 26.3 Å². The zero-order valence-electron chi connectivity index (χ0n) is 13.6. The van der Waals surface area contributed by atoms with Crippen LogP contribution in [0, 0.1) is 0 Å². The molecule has 9 heteroatoms. The standard InChI is InChI=1S/C17H15BrN4O3S/c18-10-2-1-3-11(6-10)20-14(23)8-21-17(25)16-13(7-19-21)26-9-15(24)22(16)12-4-5-12/h1-3,6-7,12H,4-5,8-9H2,(H,20,23). The molecule has 4 rings (SSSR count). The quantitative estimate of drug-likeness (QED) is 0.797. The fourth-order valence-electron chi connectivity index (χ4n) is 2.86. The molecule has 2 heterocycles. The summed E-state index contributed by atoms with van der Waals surface area (Å²) in [5.41, 5.74) is 0.582. The van der Waals surface area contributed by atoms with Gasteiger partial charge in [-0.15, -0.1) is 11.8 Å². The SMILES string of the molecule is O=C(Cn1ncc2c(c1=O)N(C1CC1)C(=O)CS2)Nc1cccc(Br)c1. The van der Waals surface area contributed by atoms with E-state index in [9.17, 15) is 14.4 Å². The topological polar surface area (TPSA) is 84.3 Å². The van der Waals surface area contributed by atoms with Crippen molar-refractivity contribution in [3.8, 4) is 0 Å². The molecular weight excluding hydrogens is 420 g/mol. The van der Waals surface area contributed by atoms with Gasteiger partial charge in [-0.05, 0) is 31.0 Å². The predicted molar refractivity (Wildman–Crippen MR) is 103 cm³/mol. The predicted octanol–water partition coefficient (Wildman–Crippen LogP) is 2.25. The van der Waals surface area contributed by atoms with Crippen LogP contribution in [0.5, 0.6) is 0 Å². The number of thioether (sulfide) groups is 1. The van der Waals surface area contributed by atoms with Crippen LogP contribution in [0.25, 0.3) is 0 Å². The summed E-state index contributed by atoms with van der Waals surface area (Å²) in [4.78, 5) is 39.7. The molecule has 134 valence electrons. The van der Waals surface area contributed by atoms with Crippen molar-refractivity contribution < 1.29 is 9.59 Å². The molecule has 2 amide bonds. The third-order valence-corrected chi connectivity index (χ3v) is 5.65. The van der Waals surface area contributed by atoms with Gasteiger partial charge in [0.1, 0.15) is 12.2 Å². The Morgan fingerprint density at radius 3 is 2.88 bits per heavy atom. The van der Waals surface area contributed by atoms with Crippen LogP contribution < -0.4 is 15.8 Å². The first-order valence-corrected chi connectivity index (χ1v) is 9.91. The molecule has 7 nitrogen and oxygen atoms in total. The van der Waals surface area contributed by atoms with Crippen molar-refractivity contribution in [2.45, 2.75) is 30.3 Å². The highest BCUT2D eigenvalue weighted by Crippen LogP contribution is 2.38. The van der Waals surface area contributed by atoms with E-state index in [4.69, 9.17) is 0 Å². The van der Waals surface area contributed by atoms with Crippen molar-refractivity contribution in [2.75, 3.05) is 16.0 Å². The summed E-state index contributed by atoms with van der Waals surface area (Å²) in [7, 11) is 0. The van der Waals surface area contributed by atoms with Gasteiger partial charge in [-0.2, -0.15) is 5.10 Å². The normalized spacial score (nSPS) is 16.3. The molecule has 1 saturated carbocycles. The van der Waals surface area contributed by atoms with E-state index in [-0.39, 0.29) is 24.4 Å². The summed E-state index contributed by atoms with van der Waals surface area (Å²) in [6.45, 7) is -0.212. The number of aromatic nitrogens is 2. The number of hydrogen-bond acceptors (Lipinski definition) is 5. The third-order valence-electron chi connectivity index (χ3n) is 4.16. The van der Waals surface area contributed by atoms with Gasteiger partial charge in [0.15, 0.2) is 0 Å². The lowest BCUT2D eigenvalue weighted by molar-refractivity contribution is -0.117.